The molecule has 2 aromatic rings. The zero-order valence-corrected chi connectivity index (χ0v) is 14.0. The third kappa shape index (κ3) is 3.19. The normalized spacial score (nSPS) is 25.2. The summed E-state index contributed by atoms with van der Waals surface area (Å²) in [7, 11) is 0. The van der Waals surface area contributed by atoms with Crippen molar-refractivity contribution in [2.24, 2.45) is 0 Å². The van der Waals surface area contributed by atoms with Gasteiger partial charge in [-0.3, -0.25) is 14.5 Å². The first-order valence-corrected chi connectivity index (χ1v) is 8.44. The van der Waals surface area contributed by atoms with E-state index in [1.54, 1.807) is 6.20 Å². The molecule has 4 rings (SSSR count). The average Bonchev–Trinajstić information content (AvgIpc) is 2.89. The van der Waals surface area contributed by atoms with Crippen LogP contribution in [0.15, 0.2) is 35.5 Å². The van der Waals surface area contributed by atoms with E-state index in [1.807, 2.05) is 12.3 Å². The van der Waals surface area contributed by atoms with Crippen LogP contribution in [0.1, 0.15) is 23.8 Å². The van der Waals surface area contributed by atoms with Crippen LogP contribution in [0.2, 0.25) is 0 Å². The van der Waals surface area contributed by atoms with Gasteiger partial charge in [0.15, 0.2) is 0 Å². The van der Waals surface area contributed by atoms with Gasteiger partial charge in [-0.15, -0.1) is 0 Å². The van der Waals surface area contributed by atoms with E-state index >= 15 is 0 Å². The van der Waals surface area contributed by atoms with E-state index in [1.165, 1.54) is 17.8 Å². The number of nitrogen functional groups attached to an aromatic ring is 1. The quantitative estimate of drug-likeness (QED) is 0.882. The Morgan fingerprint density at radius 1 is 1.35 bits per heavy atom. The number of ether oxygens (including phenoxy) is 1. The maximum atomic E-state index is 14.4. The van der Waals surface area contributed by atoms with Gasteiger partial charge >= 0.3 is 5.69 Å². The van der Waals surface area contributed by atoms with Gasteiger partial charge in [-0.25, -0.2) is 13.6 Å². The second-order valence-corrected chi connectivity index (χ2v) is 6.75. The summed E-state index contributed by atoms with van der Waals surface area (Å²) < 4.78 is 35.3. The Morgan fingerprint density at radius 2 is 2.19 bits per heavy atom. The van der Waals surface area contributed by atoms with Gasteiger partial charge in [0.2, 0.25) is 6.23 Å². The van der Waals surface area contributed by atoms with Crippen molar-refractivity contribution >= 4 is 5.82 Å². The summed E-state index contributed by atoms with van der Waals surface area (Å²) in [6.07, 6.45) is 2.86. The summed E-state index contributed by atoms with van der Waals surface area (Å²) in [5, 5.41) is 0. The first-order valence-electron chi connectivity index (χ1n) is 8.44. The van der Waals surface area contributed by atoms with Crippen LogP contribution in [0, 0.1) is 0 Å². The zero-order chi connectivity index (χ0) is 18.3. The lowest BCUT2D eigenvalue weighted by Gasteiger charge is -2.30. The van der Waals surface area contributed by atoms with Gasteiger partial charge in [-0.1, -0.05) is 0 Å². The maximum absolute atomic E-state index is 14.4. The van der Waals surface area contributed by atoms with Gasteiger partial charge < -0.3 is 10.5 Å². The molecule has 138 valence electrons. The van der Waals surface area contributed by atoms with Gasteiger partial charge in [-0.05, 0) is 29.7 Å². The van der Waals surface area contributed by atoms with E-state index in [4.69, 9.17) is 10.5 Å². The molecule has 1 fully saturated rings. The van der Waals surface area contributed by atoms with Crippen molar-refractivity contribution in [1.82, 2.24) is 19.4 Å². The number of hydrogen-bond acceptors (Lipinski definition) is 6. The van der Waals surface area contributed by atoms with Crippen LogP contribution in [0.5, 0.6) is 0 Å². The van der Waals surface area contributed by atoms with Crippen molar-refractivity contribution in [2.45, 2.75) is 37.6 Å². The van der Waals surface area contributed by atoms with Gasteiger partial charge in [0.25, 0.3) is 5.92 Å². The molecule has 2 aliphatic heterocycles. The number of halogens is 2. The summed E-state index contributed by atoms with van der Waals surface area (Å²) in [5.41, 5.74) is 6.93. The van der Waals surface area contributed by atoms with Crippen molar-refractivity contribution in [1.29, 1.82) is 0 Å². The highest BCUT2D eigenvalue weighted by molar-refractivity contribution is 5.25. The molecule has 0 bridgehead atoms. The number of aromatic nitrogens is 3. The van der Waals surface area contributed by atoms with E-state index in [0.29, 0.717) is 13.1 Å². The molecule has 0 saturated carbocycles. The second-order valence-electron chi connectivity index (χ2n) is 6.75. The Kier molecular flexibility index (Phi) is 4.20. The number of nitrogens with two attached hydrogens (primary N) is 1. The van der Waals surface area contributed by atoms with Crippen molar-refractivity contribution in [3.63, 3.8) is 0 Å². The molecule has 2 aromatic heterocycles. The molecule has 0 aromatic carbocycles. The predicted octanol–water partition coefficient (Wildman–Crippen LogP) is 1.20. The second kappa shape index (κ2) is 6.40. The number of anilines is 1. The van der Waals surface area contributed by atoms with Gasteiger partial charge in [0.1, 0.15) is 5.82 Å². The smallest absolute Gasteiger partial charge is 0.351 e. The van der Waals surface area contributed by atoms with E-state index in [0.717, 1.165) is 23.1 Å². The Bertz CT molecular complexity index is 872. The maximum Gasteiger partial charge on any atom is 0.351 e. The number of alkyl halides is 2. The van der Waals surface area contributed by atoms with Crippen molar-refractivity contribution in [3.8, 4) is 0 Å². The highest BCUT2D eigenvalue weighted by Gasteiger charge is 2.52. The van der Waals surface area contributed by atoms with Crippen LogP contribution in [-0.2, 0) is 17.7 Å². The summed E-state index contributed by atoms with van der Waals surface area (Å²) >= 11 is 0. The number of nitrogens with zero attached hydrogens (tertiary/aromatic N) is 4. The van der Waals surface area contributed by atoms with Crippen LogP contribution in [0.4, 0.5) is 14.6 Å². The molecule has 0 amide bonds. The highest BCUT2D eigenvalue weighted by atomic mass is 19.3. The number of hydrogen-bond donors (Lipinski definition) is 1. The molecule has 2 atom stereocenters. The summed E-state index contributed by atoms with van der Waals surface area (Å²) in [4.78, 5) is 21.6. The average molecular weight is 363 g/mol. The number of fused-ring (bicyclic) bond motifs is 1. The molecule has 26 heavy (non-hydrogen) atoms. The molecule has 7 nitrogen and oxygen atoms in total. The lowest BCUT2D eigenvalue weighted by atomic mass is 10.0. The molecule has 1 saturated heterocycles. The molecule has 2 N–H and O–H groups in total. The summed E-state index contributed by atoms with van der Waals surface area (Å²) in [6, 6.07) is 3.26. The molecule has 0 radical (unpaired) electrons. The topological polar surface area (TPSA) is 86.3 Å². The van der Waals surface area contributed by atoms with Crippen LogP contribution >= 0.6 is 0 Å². The highest BCUT2D eigenvalue weighted by Crippen LogP contribution is 2.42. The largest absolute Gasteiger partial charge is 0.383 e. The summed E-state index contributed by atoms with van der Waals surface area (Å²) in [6.45, 7) is 1.82. The Labute approximate surface area is 148 Å². The number of rotatable bonds is 3. The molecular weight excluding hydrogens is 344 g/mol. The van der Waals surface area contributed by atoms with Gasteiger partial charge in [0.05, 0.1) is 6.10 Å². The zero-order valence-electron chi connectivity index (χ0n) is 14.0. The molecule has 9 heteroatoms. The Morgan fingerprint density at radius 3 is 3.00 bits per heavy atom. The minimum Gasteiger partial charge on any atom is -0.383 e. The molecular formula is C17H19F2N5O2. The Balaban J connectivity index is 1.47. The molecule has 0 unspecified atom stereocenters. The minimum atomic E-state index is -3.15. The lowest BCUT2D eigenvalue weighted by molar-refractivity contribution is -0.119. The molecule has 0 spiro atoms. The van der Waals surface area contributed by atoms with Crippen molar-refractivity contribution in [2.75, 3.05) is 18.8 Å². The van der Waals surface area contributed by atoms with E-state index in [2.05, 4.69) is 14.9 Å². The Hall–Kier alpha value is -2.39. The first-order chi connectivity index (χ1) is 12.4. The lowest BCUT2D eigenvalue weighted by Crippen LogP contribution is -2.37. The molecule has 0 aliphatic carbocycles. The monoisotopic (exact) mass is 363 g/mol. The van der Waals surface area contributed by atoms with Crippen molar-refractivity contribution in [3.05, 3.63) is 52.3 Å². The third-order valence-corrected chi connectivity index (χ3v) is 4.84. The van der Waals surface area contributed by atoms with Crippen LogP contribution in [0.3, 0.4) is 0 Å². The van der Waals surface area contributed by atoms with Crippen molar-refractivity contribution < 1.29 is 13.5 Å². The fraction of sp³-hybridized carbons (Fsp3) is 0.471. The standard InChI is InChI=1S/C17H19F2N5O2/c18-17(19)7-13(26-15(17)24-6-3-14(20)22-16(24)25)10-23-5-2-11-8-21-4-1-12(11)9-23/h1,3-4,6,8,13,15H,2,5,7,9-10H2,(H2,20,22,25)/t13-,15+/m0/s1. The van der Waals surface area contributed by atoms with Gasteiger partial charge in [0, 0.05) is 44.6 Å². The SMILES string of the molecule is Nc1ccn([C@@H]2O[C@H](CN3CCc4cnccc4C3)CC2(F)F)c(=O)n1. The minimum absolute atomic E-state index is 0.00872. The van der Waals surface area contributed by atoms with Crippen LogP contribution in [0.25, 0.3) is 0 Å². The number of pyridine rings is 1. The predicted molar refractivity (Wildman–Crippen MR) is 89.6 cm³/mol. The molecule has 2 aliphatic rings. The van der Waals surface area contributed by atoms with Crippen LogP contribution in [-0.4, -0.2) is 44.6 Å². The summed E-state index contributed by atoms with van der Waals surface area (Å²) in [5.74, 6) is -3.16. The van der Waals surface area contributed by atoms with E-state index in [9.17, 15) is 13.6 Å². The molecule has 4 heterocycles. The van der Waals surface area contributed by atoms with Gasteiger partial charge in [-0.2, -0.15) is 4.98 Å². The first kappa shape index (κ1) is 17.0. The third-order valence-electron chi connectivity index (χ3n) is 4.84. The van der Waals surface area contributed by atoms with E-state index in [-0.39, 0.29) is 5.82 Å². The fourth-order valence-corrected chi connectivity index (χ4v) is 3.59. The van der Waals surface area contributed by atoms with Crippen LogP contribution < -0.4 is 11.4 Å². The fourth-order valence-electron chi connectivity index (χ4n) is 3.59. The van der Waals surface area contributed by atoms with E-state index < -0.39 is 30.4 Å².